The standard InChI is InChI=1S/C7H13N2P/c1-6-2-3-9(5-10)7(8)4-6/h5-6,8,10H,2-4H2,1H3. The fourth-order valence-electron chi connectivity index (χ4n) is 1.19. The first-order valence-corrected chi connectivity index (χ1v) is 4.16. The first-order valence-electron chi connectivity index (χ1n) is 3.58. The first kappa shape index (κ1) is 7.74. The Hall–Kier alpha value is -0.360. The van der Waals surface area contributed by atoms with E-state index >= 15 is 0 Å². The molecule has 0 bridgehead atoms. The molecule has 1 heterocycles. The highest BCUT2D eigenvalue weighted by Gasteiger charge is 2.17. The van der Waals surface area contributed by atoms with Gasteiger partial charge in [-0.2, -0.15) is 0 Å². The van der Waals surface area contributed by atoms with Crippen LogP contribution < -0.4 is 0 Å². The van der Waals surface area contributed by atoms with Crippen molar-refractivity contribution in [3.8, 4) is 0 Å². The van der Waals surface area contributed by atoms with Gasteiger partial charge in [0.1, 0.15) is 5.84 Å². The Morgan fingerprint density at radius 2 is 2.50 bits per heavy atom. The fraction of sp³-hybridized carbons (Fsp3) is 0.714. The van der Waals surface area contributed by atoms with E-state index in [4.69, 9.17) is 5.41 Å². The third-order valence-corrected chi connectivity index (χ3v) is 2.22. The van der Waals surface area contributed by atoms with E-state index in [0.29, 0.717) is 5.92 Å². The van der Waals surface area contributed by atoms with Gasteiger partial charge in [-0.15, -0.1) is 8.86 Å². The van der Waals surface area contributed by atoms with E-state index < -0.39 is 0 Å². The van der Waals surface area contributed by atoms with Crippen LogP contribution in [0.25, 0.3) is 0 Å². The summed E-state index contributed by atoms with van der Waals surface area (Å²) in [6, 6.07) is 0. The monoisotopic (exact) mass is 156 g/mol. The molecule has 0 amide bonds. The summed E-state index contributed by atoms with van der Waals surface area (Å²) in [4.78, 5) is 1.94. The summed E-state index contributed by atoms with van der Waals surface area (Å²) in [5, 5.41) is 7.54. The molecule has 0 spiro atoms. The van der Waals surface area contributed by atoms with Crippen molar-refractivity contribution in [2.45, 2.75) is 19.8 Å². The average Bonchev–Trinajstić information content (AvgIpc) is 1.88. The van der Waals surface area contributed by atoms with Crippen LogP contribution in [0.15, 0.2) is 0 Å². The van der Waals surface area contributed by atoms with Crippen molar-refractivity contribution in [1.82, 2.24) is 4.90 Å². The predicted molar refractivity (Wildman–Crippen MR) is 47.2 cm³/mol. The Bertz CT molecular complexity index is 156. The van der Waals surface area contributed by atoms with Gasteiger partial charge in [0.2, 0.25) is 0 Å². The van der Waals surface area contributed by atoms with E-state index in [2.05, 4.69) is 15.8 Å². The van der Waals surface area contributed by atoms with Crippen LogP contribution >= 0.6 is 8.86 Å². The molecule has 1 aliphatic heterocycles. The maximum Gasteiger partial charge on any atom is 0.100 e. The predicted octanol–water partition coefficient (Wildman–Crippen LogP) is 1.60. The lowest BCUT2D eigenvalue weighted by molar-refractivity contribution is 0.421. The lowest BCUT2D eigenvalue weighted by Crippen LogP contribution is -2.35. The van der Waals surface area contributed by atoms with Crippen molar-refractivity contribution in [3.05, 3.63) is 0 Å². The highest BCUT2D eigenvalue weighted by Crippen LogP contribution is 2.16. The van der Waals surface area contributed by atoms with Crippen molar-refractivity contribution < 1.29 is 0 Å². The molecular formula is C7H13N2P. The van der Waals surface area contributed by atoms with Gasteiger partial charge in [-0.25, -0.2) is 0 Å². The van der Waals surface area contributed by atoms with E-state index in [-0.39, 0.29) is 0 Å². The molecule has 1 fully saturated rings. The molecule has 56 valence electrons. The van der Waals surface area contributed by atoms with Gasteiger partial charge in [0.05, 0.1) is 0 Å². The SMILES string of the molecule is CC1CCN(C=P)C(=N)C1. The molecule has 1 N–H and O–H groups in total. The van der Waals surface area contributed by atoms with Crippen molar-refractivity contribution in [2.75, 3.05) is 6.54 Å². The number of hydrogen-bond donors (Lipinski definition) is 1. The van der Waals surface area contributed by atoms with E-state index in [9.17, 15) is 0 Å². The van der Waals surface area contributed by atoms with Crippen LogP contribution in [0.3, 0.4) is 0 Å². The molecular weight excluding hydrogens is 143 g/mol. The quantitative estimate of drug-likeness (QED) is 0.573. The van der Waals surface area contributed by atoms with Crippen LogP contribution in [-0.4, -0.2) is 23.2 Å². The Morgan fingerprint density at radius 1 is 1.80 bits per heavy atom. The second-order valence-corrected chi connectivity index (χ2v) is 3.13. The third-order valence-electron chi connectivity index (χ3n) is 1.91. The number of nitrogens with one attached hydrogen (secondary N) is 1. The summed E-state index contributed by atoms with van der Waals surface area (Å²) in [5.41, 5.74) is 0. The van der Waals surface area contributed by atoms with Crippen LogP contribution in [0.4, 0.5) is 0 Å². The molecule has 1 saturated heterocycles. The number of amidine groups is 1. The van der Waals surface area contributed by atoms with Crippen LogP contribution in [-0.2, 0) is 0 Å². The van der Waals surface area contributed by atoms with Crippen LogP contribution in [0.1, 0.15) is 19.8 Å². The molecule has 1 unspecified atom stereocenters. The average molecular weight is 156 g/mol. The zero-order valence-corrected chi connectivity index (χ0v) is 7.22. The largest absolute Gasteiger partial charge is 0.333 e. The smallest absolute Gasteiger partial charge is 0.100 e. The van der Waals surface area contributed by atoms with Gasteiger partial charge in [-0.1, -0.05) is 6.92 Å². The highest BCUT2D eigenvalue weighted by atomic mass is 31.0. The van der Waals surface area contributed by atoms with Crippen molar-refractivity contribution >= 4 is 20.6 Å². The van der Waals surface area contributed by atoms with Gasteiger partial charge < -0.3 is 4.90 Å². The van der Waals surface area contributed by atoms with Gasteiger partial charge in [0.15, 0.2) is 0 Å². The Morgan fingerprint density at radius 3 is 3.00 bits per heavy atom. The van der Waals surface area contributed by atoms with Gasteiger partial charge in [0, 0.05) is 18.9 Å². The number of hydrogen-bond acceptors (Lipinski definition) is 1. The van der Waals surface area contributed by atoms with Crippen LogP contribution in [0.2, 0.25) is 0 Å². The molecule has 1 aliphatic rings. The normalized spacial score (nSPS) is 26.7. The van der Waals surface area contributed by atoms with E-state index in [1.807, 2.05) is 4.90 Å². The fourth-order valence-corrected chi connectivity index (χ4v) is 1.47. The summed E-state index contributed by atoms with van der Waals surface area (Å²) in [5.74, 6) is 3.22. The number of piperidine rings is 1. The van der Waals surface area contributed by atoms with Gasteiger partial charge >= 0.3 is 0 Å². The van der Waals surface area contributed by atoms with Crippen molar-refractivity contribution in [2.24, 2.45) is 5.92 Å². The number of rotatable bonds is 1. The molecule has 2 nitrogen and oxygen atoms in total. The molecule has 0 aromatic rings. The molecule has 0 aliphatic carbocycles. The molecule has 0 aromatic carbocycles. The molecule has 0 saturated carbocycles. The maximum absolute atomic E-state index is 7.54. The van der Waals surface area contributed by atoms with Crippen molar-refractivity contribution in [3.63, 3.8) is 0 Å². The zero-order valence-electron chi connectivity index (χ0n) is 6.22. The minimum Gasteiger partial charge on any atom is -0.333 e. The first-order chi connectivity index (χ1) is 4.74. The Labute approximate surface area is 64.0 Å². The Kier molecular flexibility index (Phi) is 2.44. The van der Waals surface area contributed by atoms with Crippen LogP contribution in [0, 0.1) is 11.3 Å². The topological polar surface area (TPSA) is 27.1 Å². The minimum atomic E-state index is 0.690. The number of likely N-dealkylation sites (tertiary alicyclic amines) is 1. The molecule has 3 heteroatoms. The Balaban J connectivity index is 2.51. The second-order valence-electron chi connectivity index (χ2n) is 2.87. The summed E-state index contributed by atoms with van der Waals surface area (Å²) in [6.07, 6.45) is 2.12. The summed E-state index contributed by atoms with van der Waals surface area (Å²) >= 11 is 0. The van der Waals surface area contributed by atoms with Gasteiger partial charge in [-0.3, -0.25) is 5.41 Å². The highest BCUT2D eigenvalue weighted by molar-refractivity contribution is 7.18. The molecule has 1 rings (SSSR count). The second kappa shape index (κ2) is 3.16. The lowest BCUT2D eigenvalue weighted by atomic mass is 9.99. The van der Waals surface area contributed by atoms with Gasteiger partial charge in [-0.05, 0) is 12.3 Å². The summed E-state index contributed by atoms with van der Waals surface area (Å²) < 4.78 is 0. The molecule has 10 heavy (non-hydrogen) atoms. The molecule has 0 aromatic heterocycles. The van der Waals surface area contributed by atoms with Crippen LogP contribution in [0.5, 0.6) is 0 Å². The van der Waals surface area contributed by atoms with E-state index in [1.165, 1.54) is 6.42 Å². The minimum absolute atomic E-state index is 0.690. The summed E-state index contributed by atoms with van der Waals surface area (Å²) in [6.45, 7) is 3.18. The number of nitrogens with zero attached hydrogens (tertiary/aromatic N) is 1. The molecule has 1 atom stereocenters. The van der Waals surface area contributed by atoms with E-state index in [0.717, 1.165) is 18.8 Å². The maximum atomic E-state index is 7.54. The van der Waals surface area contributed by atoms with Gasteiger partial charge in [0.25, 0.3) is 0 Å². The zero-order chi connectivity index (χ0) is 7.56. The molecule has 0 radical (unpaired) electrons. The van der Waals surface area contributed by atoms with E-state index in [1.54, 1.807) is 5.92 Å². The summed E-state index contributed by atoms with van der Waals surface area (Å²) in [7, 11) is 3.28. The third kappa shape index (κ3) is 1.57. The lowest BCUT2D eigenvalue weighted by Gasteiger charge is -2.28. The van der Waals surface area contributed by atoms with Crippen molar-refractivity contribution in [1.29, 1.82) is 5.41 Å².